The van der Waals surface area contributed by atoms with Gasteiger partial charge in [-0.2, -0.15) is 0 Å². The maximum absolute atomic E-state index is 7.62. The molecule has 9 heavy (non-hydrogen) atoms. The molecule has 0 aromatic heterocycles. The molecule has 0 aromatic carbocycles. The average Bonchev–Trinajstić information content (AvgIpc) is 1.65. The number of aliphatic hydroxyl groups is 2. The van der Waals surface area contributed by atoms with Crippen LogP contribution in [0.4, 0.5) is 0 Å². The van der Waals surface area contributed by atoms with Crippen LogP contribution in [0.15, 0.2) is 0 Å². The summed E-state index contributed by atoms with van der Waals surface area (Å²) < 4.78 is 0. The van der Waals surface area contributed by atoms with E-state index >= 15 is 0 Å². The zero-order chi connectivity index (χ0) is 6.99. The van der Waals surface area contributed by atoms with Crippen molar-refractivity contribution in [1.29, 1.82) is 0 Å². The van der Waals surface area contributed by atoms with Crippen LogP contribution >= 0.6 is 0 Å². The molecule has 0 saturated heterocycles. The van der Waals surface area contributed by atoms with Gasteiger partial charge in [-0.1, -0.05) is 0 Å². The Morgan fingerprint density at radius 2 is 1.11 bits per heavy atom. The van der Waals surface area contributed by atoms with Gasteiger partial charge in [-0.15, -0.1) is 0 Å². The molecule has 0 rings (SSSR count). The summed E-state index contributed by atoms with van der Waals surface area (Å²) in [6.07, 6.45) is 0. The second-order valence-corrected chi connectivity index (χ2v) is 0.794. The molecule has 7 heteroatoms. The first-order valence-electron chi connectivity index (χ1n) is 1.91. The largest absolute Gasteiger partial charge is 1.00 e. The van der Waals surface area contributed by atoms with E-state index in [-0.39, 0.29) is 66.0 Å². The molecule has 0 aromatic rings. The van der Waals surface area contributed by atoms with Crippen molar-refractivity contribution < 1.29 is 78.1 Å². The molecule has 52 valence electrons. The van der Waals surface area contributed by atoms with Crippen molar-refractivity contribution in [2.75, 3.05) is 13.2 Å². The van der Waals surface area contributed by atoms with Crippen molar-refractivity contribution in [3.63, 3.8) is 0 Å². The molecular weight excluding hydrogens is 154 g/mol. The standard InChI is InChI=1S/C2H6O2.BH3O3.K.H/c3-1-2-4;2-1(3)4;;/h3-4H,1-2H2;2-4H;;/q;;+1;-1. The SMILES string of the molecule is OB(O)O.OCCO.[H-].[K+]. The van der Waals surface area contributed by atoms with E-state index in [1.165, 1.54) is 0 Å². The molecule has 0 spiro atoms. The first kappa shape index (κ1) is 16.8. The van der Waals surface area contributed by atoms with Crippen LogP contribution in [-0.4, -0.2) is 45.8 Å². The molecular formula is C2H10BKO5. The van der Waals surface area contributed by atoms with E-state index in [2.05, 4.69) is 0 Å². The van der Waals surface area contributed by atoms with Gasteiger partial charge in [0.25, 0.3) is 0 Å². The second kappa shape index (κ2) is 16.2. The molecule has 0 fully saturated rings. The van der Waals surface area contributed by atoms with Crippen LogP contribution in [0.25, 0.3) is 0 Å². The Hall–Kier alpha value is 1.50. The fourth-order valence-corrected chi connectivity index (χ4v) is 0. The molecule has 0 atom stereocenters. The van der Waals surface area contributed by atoms with Crippen LogP contribution in [0.1, 0.15) is 1.43 Å². The zero-order valence-corrected chi connectivity index (χ0v) is 8.35. The van der Waals surface area contributed by atoms with Crippen molar-refractivity contribution in [2.24, 2.45) is 0 Å². The molecule has 0 aliphatic heterocycles. The van der Waals surface area contributed by atoms with Gasteiger partial charge in [-0.05, 0) is 0 Å². The second-order valence-electron chi connectivity index (χ2n) is 0.794. The van der Waals surface area contributed by atoms with E-state index in [9.17, 15) is 0 Å². The summed E-state index contributed by atoms with van der Waals surface area (Å²) in [6.45, 7) is -0.250. The summed E-state index contributed by atoms with van der Waals surface area (Å²) >= 11 is 0. The maximum Gasteiger partial charge on any atom is 1.00 e. The van der Waals surface area contributed by atoms with Crippen molar-refractivity contribution in [1.82, 2.24) is 0 Å². The Bertz CT molecular complexity index is 36.1. The molecule has 0 aliphatic carbocycles. The Morgan fingerprint density at radius 1 is 1.00 bits per heavy atom. The predicted molar refractivity (Wildman–Crippen MR) is 27.7 cm³/mol. The number of hydrogen-bond acceptors (Lipinski definition) is 5. The molecule has 5 nitrogen and oxygen atoms in total. The van der Waals surface area contributed by atoms with Gasteiger partial charge in [0, 0.05) is 0 Å². The fraction of sp³-hybridized carbons (Fsp3) is 1.00. The first-order valence-corrected chi connectivity index (χ1v) is 1.91. The van der Waals surface area contributed by atoms with Crippen molar-refractivity contribution in [3.05, 3.63) is 0 Å². The van der Waals surface area contributed by atoms with Gasteiger partial charge in [0.2, 0.25) is 0 Å². The number of hydrogen-bond donors (Lipinski definition) is 5. The summed E-state index contributed by atoms with van der Waals surface area (Å²) in [7, 11) is -2.17. The van der Waals surface area contributed by atoms with Crippen LogP contribution in [0, 0.1) is 0 Å². The number of rotatable bonds is 1. The minimum atomic E-state index is -2.17. The van der Waals surface area contributed by atoms with Crippen LogP contribution in [0.5, 0.6) is 0 Å². The van der Waals surface area contributed by atoms with Crippen LogP contribution in [0.2, 0.25) is 0 Å². The summed E-state index contributed by atoms with van der Waals surface area (Å²) in [5, 5.41) is 36.8. The Morgan fingerprint density at radius 3 is 1.11 bits per heavy atom. The summed E-state index contributed by atoms with van der Waals surface area (Å²) in [4.78, 5) is 0. The van der Waals surface area contributed by atoms with E-state index in [1.807, 2.05) is 0 Å². The van der Waals surface area contributed by atoms with Crippen molar-refractivity contribution >= 4 is 7.32 Å². The zero-order valence-electron chi connectivity index (χ0n) is 6.23. The number of aliphatic hydroxyl groups excluding tert-OH is 2. The van der Waals surface area contributed by atoms with Gasteiger partial charge in [-0.25, -0.2) is 0 Å². The minimum Gasteiger partial charge on any atom is -1.00 e. The molecule has 5 N–H and O–H groups in total. The van der Waals surface area contributed by atoms with Gasteiger partial charge < -0.3 is 26.7 Å². The van der Waals surface area contributed by atoms with Gasteiger partial charge in [0.15, 0.2) is 0 Å². The van der Waals surface area contributed by atoms with E-state index < -0.39 is 7.32 Å². The van der Waals surface area contributed by atoms with Gasteiger partial charge in [0.1, 0.15) is 0 Å². The normalized spacial score (nSPS) is 6.33. The smallest absolute Gasteiger partial charge is 1.00 e. The quantitative estimate of drug-likeness (QED) is 0.248. The fourth-order valence-electron chi connectivity index (χ4n) is 0. The monoisotopic (exact) mass is 164 g/mol. The van der Waals surface area contributed by atoms with Gasteiger partial charge in [-0.3, -0.25) is 0 Å². The maximum atomic E-state index is 7.62. The van der Waals surface area contributed by atoms with Crippen LogP contribution in [0.3, 0.4) is 0 Å². The Balaban J connectivity index is -0.0000000300. The topological polar surface area (TPSA) is 101 Å². The molecule has 0 amide bonds. The van der Waals surface area contributed by atoms with E-state index in [1.54, 1.807) is 0 Å². The molecule has 0 radical (unpaired) electrons. The van der Waals surface area contributed by atoms with Crippen LogP contribution < -0.4 is 51.4 Å². The van der Waals surface area contributed by atoms with E-state index in [0.717, 1.165) is 0 Å². The Kier molecular flexibility index (Phi) is 30.4. The van der Waals surface area contributed by atoms with Crippen LogP contribution in [-0.2, 0) is 0 Å². The molecule has 0 aliphatic rings. The average molecular weight is 164 g/mol. The summed E-state index contributed by atoms with van der Waals surface area (Å²) in [5.41, 5.74) is 0. The Labute approximate surface area is 97.4 Å². The third-order valence-electron chi connectivity index (χ3n) is 0.1000. The summed E-state index contributed by atoms with van der Waals surface area (Å²) in [6, 6.07) is 0. The minimum absolute atomic E-state index is 0. The van der Waals surface area contributed by atoms with E-state index in [0.29, 0.717) is 0 Å². The van der Waals surface area contributed by atoms with E-state index in [4.69, 9.17) is 25.3 Å². The summed E-state index contributed by atoms with van der Waals surface area (Å²) in [5.74, 6) is 0. The van der Waals surface area contributed by atoms with Crippen molar-refractivity contribution in [3.8, 4) is 0 Å². The molecule has 0 saturated carbocycles. The third-order valence-corrected chi connectivity index (χ3v) is 0.1000. The molecule has 0 heterocycles. The first-order chi connectivity index (χ1) is 3.65. The predicted octanol–water partition coefficient (Wildman–Crippen LogP) is -5.96. The van der Waals surface area contributed by atoms with Crippen molar-refractivity contribution in [2.45, 2.75) is 0 Å². The third kappa shape index (κ3) is 85.5. The van der Waals surface area contributed by atoms with Gasteiger partial charge >= 0.3 is 58.7 Å². The molecule has 0 bridgehead atoms. The molecule has 0 unspecified atom stereocenters. The van der Waals surface area contributed by atoms with Gasteiger partial charge in [0.05, 0.1) is 13.2 Å².